The summed E-state index contributed by atoms with van der Waals surface area (Å²) >= 11 is 6.16. The van der Waals surface area contributed by atoms with Crippen LogP contribution in [0, 0.1) is 0 Å². The fourth-order valence-corrected chi connectivity index (χ4v) is 2.86. The van der Waals surface area contributed by atoms with E-state index in [0.717, 1.165) is 31.4 Å². The zero-order chi connectivity index (χ0) is 12.3. The second-order valence-electron chi connectivity index (χ2n) is 4.65. The molecule has 0 saturated heterocycles. The van der Waals surface area contributed by atoms with Gasteiger partial charge in [-0.3, -0.25) is 4.68 Å². The van der Waals surface area contributed by atoms with E-state index in [9.17, 15) is 5.11 Å². The summed E-state index contributed by atoms with van der Waals surface area (Å²) in [6.07, 6.45) is 6.42. The Balaban J connectivity index is 2.25. The van der Waals surface area contributed by atoms with E-state index in [1.165, 1.54) is 6.42 Å². The van der Waals surface area contributed by atoms with Crippen molar-refractivity contribution < 1.29 is 9.84 Å². The quantitative estimate of drug-likeness (QED) is 0.902. The van der Waals surface area contributed by atoms with Gasteiger partial charge in [0, 0.05) is 7.11 Å². The summed E-state index contributed by atoms with van der Waals surface area (Å²) < 4.78 is 6.82. The fourth-order valence-electron chi connectivity index (χ4n) is 2.55. The van der Waals surface area contributed by atoms with E-state index in [1.54, 1.807) is 18.0 Å². The first-order chi connectivity index (χ1) is 8.17. The van der Waals surface area contributed by atoms with Crippen LogP contribution in [0.4, 0.5) is 0 Å². The van der Waals surface area contributed by atoms with Crippen LogP contribution in [0.25, 0.3) is 0 Å². The summed E-state index contributed by atoms with van der Waals surface area (Å²) in [7, 11) is 1.65. The summed E-state index contributed by atoms with van der Waals surface area (Å²) in [5.41, 5.74) is -0.0459. The van der Waals surface area contributed by atoms with Crippen LogP contribution < -0.4 is 0 Å². The third-order valence-electron chi connectivity index (χ3n) is 3.42. The van der Waals surface area contributed by atoms with Gasteiger partial charge in [0.15, 0.2) is 0 Å². The predicted octanol–water partition coefficient (Wildman–Crippen LogP) is 2.33. The van der Waals surface area contributed by atoms with Gasteiger partial charge in [0.1, 0.15) is 5.60 Å². The van der Waals surface area contributed by atoms with Gasteiger partial charge in [-0.05, 0) is 12.8 Å². The van der Waals surface area contributed by atoms with E-state index in [2.05, 4.69) is 5.10 Å². The Bertz CT molecular complexity index is 373. The standard InChI is InChI=1S/C12H19ClN2O2/c1-17-8-7-15-11(10(13)9-14-15)12(16)5-3-2-4-6-12/h9,16H,2-8H2,1H3. The zero-order valence-electron chi connectivity index (χ0n) is 10.2. The number of methoxy groups -OCH3 is 1. The molecule has 0 bridgehead atoms. The molecule has 1 N–H and O–H groups in total. The van der Waals surface area contributed by atoms with Crippen molar-refractivity contribution in [3.8, 4) is 0 Å². The molecule has 0 atom stereocenters. The average Bonchev–Trinajstić information content (AvgIpc) is 2.69. The normalized spacial score (nSPS) is 19.5. The minimum atomic E-state index is -0.806. The third kappa shape index (κ3) is 2.64. The van der Waals surface area contributed by atoms with Crippen LogP contribution in [0.5, 0.6) is 0 Å². The zero-order valence-corrected chi connectivity index (χ0v) is 10.9. The molecule has 1 aliphatic carbocycles. The Morgan fingerprint density at radius 1 is 1.47 bits per heavy atom. The van der Waals surface area contributed by atoms with Crippen LogP contribution in [0.3, 0.4) is 0 Å². The lowest BCUT2D eigenvalue weighted by Gasteiger charge is -2.32. The minimum absolute atomic E-state index is 0.561. The molecule has 0 radical (unpaired) electrons. The van der Waals surface area contributed by atoms with E-state index >= 15 is 0 Å². The molecule has 0 aromatic carbocycles. The minimum Gasteiger partial charge on any atom is -0.384 e. The van der Waals surface area contributed by atoms with E-state index < -0.39 is 5.60 Å². The molecule has 1 aromatic heterocycles. The summed E-state index contributed by atoms with van der Waals surface area (Å²) in [4.78, 5) is 0. The molecule has 0 unspecified atom stereocenters. The number of rotatable bonds is 4. The highest BCUT2D eigenvalue weighted by molar-refractivity contribution is 6.31. The molecular formula is C12H19ClN2O2. The molecule has 0 aliphatic heterocycles. The predicted molar refractivity (Wildman–Crippen MR) is 66.1 cm³/mol. The Labute approximate surface area is 107 Å². The van der Waals surface area contributed by atoms with E-state index in [1.807, 2.05) is 0 Å². The molecule has 1 aliphatic rings. The molecule has 1 saturated carbocycles. The van der Waals surface area contributed by atoms with Gasteiger partial charge in [0.25, 0.3) is 0 Å². The summed E-state index contributed by atoms with van der Waals surface area (Å²) in [5.74, 6) is 0. The maximum atomic E-state index is 10.7. The van der Waals surface area contributed by atoms with Crippen molar-refractivity contribution >= 4 is 11.6 Å². The average molecular weight is 259 g/mol. The highest BCUT2D eigenvalue weighted by atomic mass is 35.5. The van der Waals surface area contributed by atoms with Gasteiger partial charge in [-0.25, -0.2) is 0 Å². The smallest absolute Gasteiger partial charge is 0.108 e. The molecule has 1 aromatic rings. The Morgan fingerprint density at radius 2 is 2.18 bits per heavy atom. The van der Waals surface area contributed by atoms with Crippen LogP contribution in [0.15, 0.2) is 6.20 Å². The Hall–Kier alpha value is -0.580. The van der Waals surface area contributed by atoms with Crippen molar-refractivity contribution in [2.45, 2.75) is 44.2 Å². The highest BCUT2D eigenvalue weighted by Gasteiger charge is 2.36. The molecule has 2 rings (SSSR count). The fraction of sp³-hybridized carbons (Fsp3) is 0.750. The van der Waals surface area contributed by atoms with Crippen LogP contribution in [0.1, 0.15) is 37.8 Å². The van der Waals surface area contributed by atoms with Gasteiger partial charge in [0.2, 0.25) is 0 Å². The molecule has 96 valence electrons. The lowest BCUT2D eigenvalue weighted by Crippen LogP contribution is -2.32. The molecule has 17 heavy (non-hydrogen) atoms. The topological polar surface area (TPSA) is 47.3 Å². The number of ether oxygens (including phenoxy) is 1. The molecule has 0 amide bonds. The number of aliphatic hydroxyl groups is 1. The molecule has 1 heterocycles. The largest absolute Gasteiger partial charge is 0.384 e. The van der Waals surface area contributed by atoms with Crippen molar-refractivity contribution in [1.29, 1.82) is 0 Å². The number of hydrogen-bond acceptors (Lipinski definition) is 3. The molecule has 5 heteroatoms. The SMILES string of the molecule is COCCn1ncc(Cl)c1C1(O)CCCCC1. The first-order valence-electron chi connectivity index (χ1n) is 6.10. The second-order valence-corrected chi connectivity index (χ2v) is 5.06. The Morgan fingerprint density at radius 3 is 2.82 bits per heavy atom. The van der Waals surface area contributed by atoms with Gasteiger partial charge in [-0.1, -0.05) is 30.9 Å². The van der Waals surface area contributed by atoms with Gasteiger partial charge in [-0.15, -0.1) is 0 Å². The molecule has 0 spiro atoms. The lowest BCUT2D eigenvalue weighted by molar-refractivity contribution is -0.00955. The van der Waals surface area contributed by atoms with Gasteiger partial charge < -0.3 is 9.84 Å². The summed E-state index contributed by atoms with van der Waals surface area (Å²) in [5, 5.41) is 15.5. The lowest BCUT2D eigenvalue weighted by atomic mass is 9.82. The van der Waals surface area contributed by atoms with Gasteiger partial charge in [0.05, 0.1) is 30.1 Å². The van der Waals surface area contributed by atoms with Crippen molar-refractivity contribution in [1.82, 2.24) is 9.78 Å². The Kier molecular flexibility index (Phi) is 4.07. The number of hydrogen-bond donors (Lipinski definition) is 1. The van der Waals surface area contributed by atoms with Gasteiger partial charge >= 0.3 is 0 Å². The first kappa shape index (κ1) is 12.9. The van der Waals surface area contributed by atoms with Crippen molar-refractivity contribution in [3.63, 3.8) is 0 Å². The first-order valence-corrected chi connectivity index (χ1v) is 6.48. The van der Waals surface area contributed by atoms with E-state index in [4.69, 9.17) is 16.3 Å². The van der Waals surface area contributed by atoms with Gasteiger partial charge in [-0.2, -0.15) is 5.10 Å². The number of halogens is 1. The van der Waals surface area contributed by atoms with Crippen LogP contribution in [-0.4, -0.2) is 28.6 Å². The van der Waals surface area contributed by atoms with Crippen molar-refractivity contribution in [2.24, 2.45) is 0 Å². The summed E-state index contributed by atoms with van der Waals surface area (Å²) in [6.45, 7) is 1.20. The second kappa shape index (κ2) is 5.38. The van der Waals surface area contributed by atoms with Crippen molar-refractivity contribution in [2.75, 3.05) is 13.7 Å². The van der Waals surface area contributed by atoms with Crippen LogP contribution in [-0.2, 0) is 16.9 Å². The van der Waals surface area contributed by atoms with Crippen molar-refractivity contribution in [3.05, 3.63) is 16.9 Å². The van der Waals surface area contributed by atoms with E-state index in [0.29, 0.717) is 18.2 Å². The summed E-state index contributed by atoms with van der Waals surface area (Å²) in [6, 6.07) is 0. The monoisotopic (exact) mass is 258 g/mol. The van der Waals surface area contributed by atoms with Crippen LogP contribution >= 0.6 is 11.6 Å². The number of aromatic nitrogens is 2. The maximum Gasteiger partial charge on any atom is 0.108 e. The third-order valence-corrected chi connectivity index (χ3v) is 3.70. The molecule has 1 fully saturated rings. The highest BCUT2D eigenvalue weighted by Crippen LogP contribution is 2.39. The molecule has 4 nitrogen and oxygen atoms in total. The maximum absolute atomic E-state index is 10.7. The molecular weight excluding hydrogens is 240 g/mol. The van der Waals surface area contributed by atoms with Crippen LogP contribution in [0.2, 0.25) is 5.02 Å². The van der Waals surface area contributed by atoms with E-state index in [-0.39, 0.29) is 0 Å². The number of nitrogens with zero attached hydrogens (tertiary/aromatic N) is 2.